The molecular weight excluding hydrogens is 300 g/mol. The van der Waals surface area contributed by atoms with E-state index in [1.165, 1.54) is 40.4 Å². The number of likely N-dealkylation sites (tertiary alicyclic amines) is 1. The topological polar surface area (TPSA) is 6.48 Å². The van der Waals surface area contributed by atoms with Crippen LogP contribution < -0.4 is 4.90 Å². The first-order chi connectivity index (χ1) is 11.4. The lowest BCUT2D eigenvalue weighted by molar-refractivity contribution is 0.193. The third-order valence-corrected chi connectivity index (χ3v) is 5.84. The molecule has 3 heteroatoms. The van der Waals surface area contributed by atoms with Crippen molar-refractivity contribution in [3.8, 4) is 0 Å². The summed E-state index contributed by atoms with van der Waals surface area (Å²) in [5, 5.41) is 0. The van der Waals surface area contributed by atoms with Gasteiger partial charge >= 0.3 is 0 Å². The summed E-state index contributed by atoms with van der Waals surface area (Å²) in [7, 11) is 0. The van der Waals surface area contributed by atoms with Crippen LogP contribution in [0.2, 0.25) is 0 Å². The third-order valence-electron chi connectivity index (χ3n) is 4.71. The lowest BCUT2D eigenvalue weighted by atomic mass is 10.1. The average Bonchev–Trinajstić information content (AvgIpc) is 2.62. The van der Waals surface area contributed by atoms with Gasteiger partial charge in [-0.25, -0.2) is 0 Å². The summed E-state index contributed by atoms with van der Waals surface area (Å²) in [5.74, 6) is 0. The van der Waals surface area contributed by atoms with E-state index in [9.17, 15) is 0 Å². The van der Waals surface area contributed by atoms with Crippen LogP contribution in [0.4, 0.5) is 11.4 Å². The van der Waals surface area contributed by atoms with Crippen molar-refractivity contribution in [2.75, 3.05) is 18.0 Å². The van der Waals surface area contributed by atoms with Gasteiger partial charge in [0.05, 0.1) is 11.4 Å². The molecule has 1 fully saturated rings. The van der Waals surface area contributed by atoms with Crippen molar-refractivity contribution in [1.29, 1.82) is 0 Å². The van der Waals surface area contributed by atoms with Gasteiger partial charge in [0, 0.05) is 22.9 Å². The number of para-hydroxylation sites is 2. The third kappa shape index (κ3) is 2.68. The van der Waals surface area contributed by atoms with Gasteiger partial charge in [-0.3, -0.25) is 4.90 Å². The minimum absolute atomic E-state index is 0.221. The van der Waals surface area contributed by atoms with Crippen LogP contribution in [0.3, 0.4) is 0 Å². The summed E-state index contributed by atoms with van der Waals surface area (Å²) in [5.41, 5.74) is 2.60. The van der Waals surface area contributed by atoms with Gasteiger partial charge in [-0.05, 0) is 37.1 Å². The molecule has 0 aromatic heterocycles. The van der Waals surface area contributed by atoms with Crippen molar-refractivity contribution >= 4 is 23.1 Å². The summed E-state index contributed by atoms with van der Waals surface area (Å²) in [4.78, 5) is 7.70. The second kappa shape index (κ2) is 6.42. The quantitative estimate of drug-likeness (QED) is 0.709. The highest BCUT2D eigenvalue weighted by atomic mass is 32.2. The standard InChI is InChI=1S/C20H22N2S/c1-2-20(21-14-8-3-9-15-21)22-16-10-4-6-12-18(16)23-19-13-7-5-11-17(19)22/h2,4-7,10-13,20H,1,3,8-9,14-15H2. The zero-order valence-electron chi connectivity index (χ0n) is 13.3. The first-order valence-electron chi connectivity index (χ1n) is 8.40. The Morgan fingerprint density at radius 2 is 1.43 bits per heavy atom. The van der Waals surface area contributed by atoms with E-state index in [1.54, 1.807) is 0 Å². The summed E-state index contributed by atoms with van der Waals surface area (Å²) in [6.45, 7) is 6.48. The Bertz CT molecular complexity index is 661. The Labute approximate surface area is 142 Å². The molecule has 2 aromatic rings. The molecule has 4 rings (SSSR count). The van der Waals surface area contributed by atoms with Crippen LogP contribution in [0.1, 0.15) is 19.3 Å². The Balaban J connectivity index is 1.81. The predicted molar refractivity (Wildman–Crippen MR) is 98.6 cm³/mol. The highest BCUT2D eigenvalue weighted by Gasteiger charge is 2.31. The molecule has 0 saturated carbocycles. The Hall–Kier alpha value is -1.71. The molecule has 118 valence electrons. The van der Waals surface area contributed by atoms with Gasteiger partial charge in [0.1, 0.15) is 6.17 Å². The van der Waals surface area contributed by atoms with Crippen LogP contribution in [-0.4, -0.2) is 24.2 Å². The van der Waals surface area contributed by atoms with Crippen molar-refractivity contribution in [3.05, 3.63) is 61.2 Å². The maximum Gasteiger partial charge on any atom is 0.106 e. The second-order valence-corrected chi connectivity index (χ2v) is 7.24. The highest BCUT2D eigenvalue weighted by Crippen LogP contribution is 2.49. The fourth-order valence-corrected chi connectivity index (χ4v) is 4.69. The molecule has 0 aliphatic carbocycles. The first kappa shape index (κ1) is 14.9. The highest BCUT2D eigenvalue weighted by molar-refractivity contribution is 7.99. The summed E-state index contributed by atoms with van der Waals surface area (Å²) in [6, 6.07) is 17.4. The van der Waals surface area contributed by atoms with E-state index >= 15 is 0 Å². The van der Waals surface area contributed by atoms with Crippen molar-refractivity contribution in [3.63, 3.8) is 0 Å². The fourth-order valence-electron chi connectivity index (χ4n) is 3.62. The molecule has 0 N–H and O–H groups in total. The van der Waals surface area contributed by atoms with Crippen LogP contribution in [0.5, 0.6) is 0 Å². The number of nitrogens with zero attached hydrogens (tertiary/aromatic N) is 2. The summed E-state index contributed by atoms with van der Waals surface area (Å²) >= 11 is 1.87. The lowest BCUT2D eigenvalue weighted by Crippen LogP contribution is -2.48. The largest absolute Gasteiger partial charge is 0.319 e. The zero-order chi connectivity index (χ0) is 15.6. The Morgan fingerprint density at radius 1 is 0.870 bits per heavy atom. The van der Waals surface area contributed by atoms with Gasteiger partial charge in [-0.15, -0.1) is 0 Å². The maximum atomic E-state index is 4.17. The summed E-state index contributed by atoms with van der Waals surface area (Å²) in [6.07, 6.45) is 6.25. The minimum Gasteiger partial charge on any atom is -0.319 e. The molecule has 2 heterocycles. The van der Waals surface area contributed by atoms with Gasteiger partial charge < -0.3 is 4.90 Å². The van der Waals surface area contributed by atoms with Crippen LogP contribution >= 0.6 is 11.8 Å². The number of benzene rings is 2. The number of fused-ring (bicyclic) bond motifs is 2. The first-order valence-corrected chi connectivity index (χ1v) is 9.22. The lowest BCUT2D eigenvalue weighted by Gasteiger charge is -2.43. The van der Waals surface area contributed by atoms with Gasteiger partial charge in [-0.1, -0.05) is 55.1 Å². The van der Waals surface area contributed by atoms with Crippen LogP contribution in [0, 0.1) is 0 Å². The molecule has 0 spiro atoms. The van der Waals surface area contributed by atoms with Crippen LogP contribution in [0.25, 0.3) is 0 Å². The predicted octanol–water partition coefficient (Wildman–Crippen LogP) is 5.29. The van der Waals surface area contributed by atoms with Gasteiger partial charge in [0.2, 0.25) is 0 Å². The molecular formula is C20H22N2S. The molecule has 2 aliphatic heterocycles. The van der Waals surface area contributed by atoms with E-state index in [1.807, 2.05) is 11.8 Å². The number of rotatable bonds is 3. The molecule has 0 radical (unpaired) electrons. The van der Waals surface area contributed by atoms with E-state index < -0.39 is 0 Å². The molecule has 0 bridgehead atoms. The SMILES string of the molecule is C=CC(N1CCCCC1)N1c2ccccc2Sc2ccccc21. The van der Waals surface area contributed by atoms with Crippen molar-refractivity contribution < 1.29 is 0 Å². The zero-order valence-corrected chi connectivity index (χ0v) is 14.1. The normalized spacial score (nSPS) is 18.9. The maximum absolute atomic E-state index is 4.17. The second-order valence-electron chi connectivity index (χ2n) is 6.15. The molecule has 2 nitrogen and oxygen atoms in total. The molecule has 2 aromatic carbocycles. The molecule has 1 atom stereocenters. The van der Waals surface area contributed by atoms with Gasteiger partial charge in [0.25, 0.3) is 0 Å². The van der Waals surface area contributed by atoms with E-state index in [2.05, 4.69) is 71.0 Å². The monoisotopic (exact) mass is 322 g/mol. The number of hydrogen-bond donors (Lipinski definition) is 0. The van der Waals surface area contributed by atoms with E-state index in [-0.39, 0.29) is 6.17 Å². The fraction of sp³-hybridized carbons (Fsp3) is 0.300. The van der Waals surface area contributed by atoms with Gasteiger partial charge in [0.15, 0.2) is 0 Å². The molecule has 2 aliphatic rings. The molecule has 1 saturated heterocycles. The average molecular weight is 322 g/mol. The van der Waals surface area contributed by atoms with Crippen molar-refractivity contribution in [2.45, 2.75) is 35.2 Å². The number of hydrogen-bond acceptors (Lipinski definition) is 3. The smallest absolute Gasteiger partial charge is 0.106 e. The molecule has 0 amide bonds. The molecule has 1 unspecified atom stereocenters. The molecule has 23 heavy (non-hydrogen) atoms. The van der Waals surface area contributed by atoms with E-state index in [0.29, 0.717) is 0 Å². The Kier molecular flexibility index (Phi) is 4.15. The van der Waals surface area contributed by atoms with Crippen molar-refractivity contribution in [2.24, 2.45) is 0 Å². The number of piperidine rings is 1. The number of anilines is 2. The minimum atomic E-state index is 0.221. The van der Waals surface area contributed by atoms with Crippen LogP contribution in [-0.2, 0) is 0 Å². The van der Waals surface area contributed by atoms with Crippen LogP contribution in [0.15, 0.2) is 71.0 Å². The van der Waals surface area contributed by atoms with E-state index in [4.69, 9.17) is 0 Å². The summed E-state index contributed by atoms with van der Waals surface area (Å²) < 4.78 is 0. The van der Waals surface area contributed by atoms with Gasteiger partial charge in [-0.2, -0.15) is 0 Å². The van der Waals surface area contributed by atoms with Crippen molar-refractivity contribution in [1.82, 2.24) is 4.90 Å². The van der Waals surface area contributed by atoms with E-state index in [0.717, 1.165) is 13.1 Å². The Morgan fingerprint density at radius 3 is 2.00 bits per heavy atom.